The molecule has 0 saturated carbocycles. The molecule has 68 valence electrons. The van der Waals surface area contributed by atoms with Gasteiger partial charge in [-0.25, -0.2) is 4.39 Å². The Kier molecular flexibility index (Phi) is 2.56. The van der Waals surface area contributed by atoms with Crippen molar-refractivity contribution >= 4 is 11.6 Å². The van der Waals surface area contributed by atoms with Crippen LogP contribution in [0.3, 0.4) is 0 Å². The zero-order valence-corrected chi connectivity index (χ0v) is 7.43. The molecule has 0 heterocycles. The second kappa shape index (κ2) is 3.47. The van der Waals surface area contributed by atoms with E-state index in [1.807, 2.05) is 0 Å². The molecule has 0 atom stereocenters. The van der Waals surface area contributed by atoms with Gasteiger partial charge in [-0.1, -0.05) is 0 Å². The van der Waals surface area contributed by atoms with Crippen molar-refractivity contribution in [2.24, 2.45) is 0 Å². The molecule has 2 nitrogen and oxygen atoms in total. The molecular formula is C10H9FO2. The zero-order chi connectivity index (χ0) is 10.0. The number of carbonyl (C=O) groups excluding carboxylic acids is 2. The molecule has 0 unspecified atom stereocenters. The smallest absolute Gasteiger partial charge is 0.159 e. The number of rotatable bonds is 2. The summed E-state index contributed by atoms with van der Waals surface area (Å²) < 4.78 is 12.8. The first-order chi connectivity index (χ1) is 6.00. The molecule has 0 aliphatic carbocycles. The van der Waals surface area contributed by atoms with Crippen LogP contribution in [0.5, 0.6) is 0 Å². The van der Waals surface area contributed by atoms with E-state index in [9.17, 15) is 14.0 Å². The predicted octanol–water partition coefficient (Wildman–Crippen LogP) is 2.23. The largest absolute Gasteiger partial charge is 0.295 e. The van der Waals surface area contributed by atoms with Gasteiger partial charge in [0.1, 0.15) is 5.82 Å². The van der Waals surface area contributed by atoms with Crippen molar-refractivity contribution in [3.63, 3.8) is 0 Å². The van der Waals surface area contributed by atoms with E-state index in [0.717, 1.165) is 12.1 Å². The standard InChI is InChI=1S/C10H9FO2/c1-6(12)8-3-9(7(2)13)5-10(11)4-8/h3-5H,1-2H3. The van der Waals surface area contributed by atoms with Crippen molar-refractivity contribution in [1.29, 1.82) is 0 Å². The van der Waals surface area contributed by atoms with Crippen molar-refractivity contribution < 1.29 is 14.0 Å². The van der Waals surface area contributed by atoms with Gasteiger partial charge in [0.05, 0.1) is 0 Å². The van der Waals surface area contributed by atoms with Gasteiger partial charge < -0.3 is 0 Å². The summed E-state index contributed by atoms with van der Waals surface area (Å²) in [4.78, 5) is 21.8. The highest BCUT2D eigenvalue weighted by atomic mass is 19.1. The third-order valence-corrected chi connectivity index (χ3v) is 1.71. The van der Waals surface area contributed by atoms with Crippen LogP contribution in [0.25, 0.3) is 0 Å². The molecule has 3 heteroatoms. The van der Waals surface area contributed by atoms with Gasteiger partial charge >= 0.3 is 0 Å². The molecule has 0 amide bonds. The second-order valence-electron chi connectivity index (χ2n) is 2.84. The van der Waals surface area contributed by atoms with E-state index in [-0.39, 0.29) is 22.7 Å². The minimum absolute atomic E-state index is 0.227. The molecule has 0 aromatic heterocycles. The van der Waals surface area contributed by atoms with Gasteiger partial charge in [0, 0.05) is 11.1 Å². The van der Waals surface area contributed by atoms with E-state index in [1.165, 1.54) is 19.9 Å². The van der Waals surface area contributed by atoms with E-state index < -0.39 is 5.82 Å². The molecule has 0 aliphatic rings. The number of benzene rings is 1. The average Bonchev–Trinajstić information content (AvgIpc) is 2.03. The van der Waals surface area contributed by atoms with E-state index in [4.69, 9.17) is 0 Å². The molecule has 13 heavy (non-hydrogen) atoms. The molecule has 1 aromatic carbocycles. The van der Waals surface area contributed by atoms with Gasteiger partial charge in [-0.05, 0) is 32.0 Å². The van der Waals surface area contributed by atoms with Gasteiger partial charge in [0.25, 0.3) is 0 Å². The number of carbonyl (C=O) groups is 2. The van der Waals surface area contributed by atoms with E-state index in [1.54, 1.807) is 0 Å². The van der Waals surface area contributed by atoms with Crippen LogP contribution < -0.4 is 0 Å². The van der Waals surface area contributed by atoms with E-state index in [2.05, 4.69) is 0 Å². The maximum Gasteiger partial charge on any atom is 0.159 e. The Morgan fingerprint density at radius 2 is 1.38 bits per heavy atom. The van der Waals surface area contributed by atoms with Crippen LogP contribution in [0.1, 0.15) is 34.6 Å². The molecule has 0 saturated heterocycles. The summed E-state index contributed by atoms with van der Waals surface area (Å²) in [5.41, 5.74) is 0.454. The Hall–Kier alpha value is -1.51. The lowest BCUT2D eigenvalue weighted by molar-refractivity contribution is 0.101. The Labute approximate surface area is 75.4 Å². The molecule has 1 rings (SSSR count). The second-order valence-corrected chi connectivity index (χ2v) is 2.84. The van der Waals surface area contributed by atoms with Crippen LogP contribution in [-0.2, 0) is 0 Å². The van der Waals surface area contributed by atoms with Crippen LogP contribution in [0.15, 0.2) is 18.2 Å². The molecule has 0 radical (unpaired) electrons. The monoisotopic (exact) mass is 180 g/mol. The summed E-state index contributed by atoms with van der Waals surface area (Å²) in [7, 11) is 0. The molecule has 0 N–H and O–H groups in total. The van der Waals surface area contributed by atoms with Crippen LogP contribution in [0.4, 0.5) is 4.39 Å². The fraction of sp³-hybridized carbons (Fsp3) is 0.200. The Morgan fingerprint density at radius 1 is 1.00 bits per heavy atom. The van der Waals surface area contributed by atoms with E-state index in [0.29, 0.717) is 0 Å². The van der Waals surface area contributed by atoms with Crippen molar-refractivity contribution in [2.75, 3.05) is 0 Å². The Balaban J connectivity index is 3.26. The third-order valence-electron chi connectivity index (χ3n) is 1.71. The highest BCUT2D eigenvalue weighted by Gasteiger charge is 2.06. The highest BCUT2D eigenvalue weighted by molar-refractivity contribution is 5.99. The van der Waals surface area contributed by atoms with Crippen LogP contribution in [0.2, 0.25) is 0 Å². The van der Waals surface area contributed by atoms with Crippen LogP contribution in [0, 0.1) is 5.82 Å². The van der Waals surface area contributed by atoms with Gasteiger partial charge in [-0.15, -0.1) is 0 Å². The fourth-order valence-corrected chi connectivity index (χ4v) is 0.996. The van der Waals surface area contributed by atoms with Crippen molar-refractivity contribution in [2.45, 2.75) is 13.8 Å². The first-order valence-corrected chi connectivity index (χ1v) is 3.83. The number of Topliss-reactive ketones (excluding diaryl/α,β-unsaturated/α-hetero) is 2. The van der Waals surface area contributed by atoms with Crippen molar-refractivity contribution in [3.8, 4) is 0 Å². The van der Waals surface area contributed by atoms with E-state index >= 15 is 0 Å². The van der Waals surface area contributed by atoms with Crippen molar-refractivity contribution in [3.05, 3.63) is 35.1 Å². The molecule has 0 fully saturated rings. The average molecular weight is 180 g/mol. The predicted molar refractivity (Wildman–Crippen MR) is 46.4 cm³/mol. The maximum atomic E-state index is 12.8. The summed E-state index contributed by atoms with van der Waals surface area (Å²) >= 11 is 0. The number of ketones is 2. The third kappa shape index (κ3) is 2.21. The van der Waals surface area contributed by atoms with Gasteiger partial charge in [-0.2, -0.15) is 0 Å². The molecule has 1 aromatic rings. The van der Waals surface area contributed by atoms with Crippen molar-refractivity contribution in [1.82, 2.24) is 0 Å². The lowest BCUT2D eigenvalue weighted by Crippen LogP contribution is -1.99. The molecule has 0 aliphatic heterocycles. The quantitative estimate of drug-likeness (QED) is 0.654. The summed E-state index contributed by atoms with van der Waals surface area (Å²) in [6.07, 6.45) is 0. The number of hydrogen-bond donors (Lipinski definition) is 0. The lowest BCUT2D eigenvalue weighted by Gasteiger charge is -1.99. The lowest BCUT2D eigenvalue weighted by atomic mass is 10.1. The first kappa shape index (κ1) is 9.58. The van der Waals surface area contributed by atoms with Gasteiger partial charge in [0.2, 0.25) is 0 Å². The SMILES string of the molecule is CC(=O)c1cc(F)cc(C(C)=O)c1. The highest BCUT2D eigenvalue weighted by Crippen LogP contribution is 2.10. The summed E-state index contributed by atoms with van der Waals surface area (Å²) in [6.45, 7) is 2.66. The van der Waals surface area contributed by atoms with Gasteiger partial charge in [0.15, 0.2) is 11.6 Å². The topological polar surface area (TPSA) is 34.1 Å². The maximum absolute atomic E-state index is 12.8. The minimum Gasteiger partial charge on any atom is -0.295 e. The number of halogens is 1. The van der Waals surface area contributed by atoms with Crippen LogP contribution >= 0.6 is 0 Å². The normalized spacial score (nSPS) is 9.77. The summed E-state index contributed by atoms with van der Waals surface area (Å²) in [5, 5.41) is 0. The molecular weight excluding hydrogens is 171 g/mol. The van der Waals surface area contributed by atoms with Gasteiger partial charge in [-0.3, -0.25) is 9.59 Å². The molecule has 0 bridgehead atoms. The number of hydrogen-bond acceptors (Lipinski definition) is 2. The molecule has 0 spiro atoms. The Morgan fingerprint density at radius 3 is 1.69 bits per heavy atom. The first-order valence-electron chi connectivity index (χ1n) is 3.83. The van der Waals surface area contributed by atoms with Crippen LogP contribution in [-0.4, -0.2) is 11.6 Å². The Bertz CT molecular complexity index is 337. The zero-order valence-electron chi connectivity index (χ0n) is 7.43. The minimum atomic E-state index is -0.557. The summed E-state index contributed by atoms with van der Waals surface area (Å²) in [5.74, 6) is -1.05. The fourth-order valence-electron chi connectivity index (χ4n) is 0.996. The summed E-state index contributed by atoms with van der Waals surface area (Å²) in [6, 6.07) is 3.64.